The number of benzene rings is 2. The Kier molecular flexibility index (Phi) is 6.56. The first-order chi connectivity index (χ1) is 14.7. The van der Waals surface area contributed by atoms with Crippen molar-refractivity contribution in [3.63, 3.8) is 0 Å². The van der Waals surface area contributed by atoms with E-state index in [1.165, 1.54) is 17.4 Å². The lowest BCUT2D eigenvalue weighted by Gasteiger charge is -2.28. The lowest BCUT2D eigenvalue weighted by atomic mass is 10.2. The van der Waals surface area contributed by atoms with E-state index >= 15 is 0 Å². The van der Waals surface area contributed by atoms with Crippen molar-refractivity contribution in [3.05, 3.63) is 54.7 Å². The predicted molar refractivity (Wildman–Crippen MR) is 121 cm³/mol. The molecule has 2 aromatic carbocycles. The van der Waals surface area contributed by atoms with Crippen molar-refractivity contribution in [2.45, 2.75) is 16.8 Å². The maximum Gasteiger partial charge on any atom is 0.228 e. The SMILES string of the molecule is CCOc1cc(Sc2ccnc(Nc3ccc(N4CCOCC4)cc3)n2)ccc1N. The van der Waals surface area contributed by atoms with E-state index in [9.17, 15) is 0 Å². The third kappa shape index (κ3) is 5.14. The number of aromatic nitrogens is 2. The van der Waals surface area contributed by atoms with Crippen molar-refractivity contribution in [2.24, 2.45) is 0 Å². The molecule has 3 N–H and O–H groups in total. The Morgan fingerprint density at radius 1 is 1.13 bits per heavy atom. The molecule has 1 aliphatic heterocycles. The van der Waals surface area contributed by atoms with E-state index in [0.717, 1.165) is 41.9 Å². The number of hydrogen-bond acceptors (Lipinski definition) is 8. The highest BCUT2D eigenvalue weighted by Gasteiger charge is 2.11. The number of nitrogen functional groups attached to an aromatic ring is 1. The quantitative estimate of drug-likeness (QED) is 0.432. The second-order valence-corrected chi connectivity index (χ2v) is 7.82. The van der Waals surface area contributed by atoms with Crippen LogP contribution in [0.25, 0.3) is 0 Å². The van der Waals surface area contributed by atoms with Gasteiger partial charge in [0.25, 0.3) is 0 Å². The van der Waals surface area contributed by atoms with Gasteiger partial charge in [-0.3, -0.25) is 0 Å². The average molecular weight is 424 g/mol. The Morgan fingerprint density at radius 2 is 1.93 bits per heavy atom. The molecule has 1 aliphatic rings. The van der Waals surface area contributed by atoms with Crippen LogP contribution in [0.3, 0.4) is 0 Å². The zero-order valence-corrected chi connectivity index (χ0v) is 17.7. The highest BCUT2D eigenvalue weighted by Crippen LogP contribution is 2.32. The molecule has 1 fully saturated rings. The van der Waals surface area contributed by atoms with Crippen molar-refractivity contribution in [1.29, 1.82) is 0 Å². The molecule has 0 spiro atoms. The fourth-order valence-electron chi connectivity index (χ4n) is 3.14. The number of hydrogen-bond donors (Lipinski definition) is 2. The van der Waals surface area contributed by atoms with Crippen molar-refractivity contribution < 1.29 is 9.47 Å². The monoisotopic (exact) mass is 423 g/mol. The first-order valence-corrected chi connectivity index (χ1v) is 10.8. The molecule has 7 nitrogen and oxygen atoms in total. The molecular weight excluding hydrogens is 398 g/mol. The first-order valence-electron chi connectivity index (χ1n) is 9.94. The molecule has 0 atom stereocenters. The fraction of sp³-hybridized carbons (Fsp3) is 0.273. The summed E-state index contributed by atoms with van der Waals surface area (Å²) in [5.74, 6) is 1.25. The molecule has 0 unspecified atom stereocenters. The Labute approximate surface area is 180 Å². The third-order valence-corrected chi connectivity index (χ3v) is 5.56. The predicted octanol–water partition coefficient (Wildman–Crippen LogP) is 4.19. The molecule has 1 aromatic heterocycles. The first kappa shape index (κ1) is 20.3. The minimum absolute atomic E-state index is 0.555. The summed E-state index contributed by atoms with van der Waals surface area (Å²) in [5.41, 5.74) is 8.73. The van der Waals surface area contributed by atoms with Crippen LogP contribution in [0.15, 0.2) is 64.6 Å². The fourth-order valence-corrected chi connectivity index (χ4v) is 3.95. The molecule has 0 bridgehead atoms. The zero-order chi connectivity index (χ0) is 20.8. The van der Waals surface area contributed by atoms with Crippen LogP contribution < -0.4 is 20.7 Å². The summed E-state index contributed by atoms with van der Waals surface area (Å²) in [6.07, 6.45) is 1.75. The van der Waals surface area contributed by atoms with Crippen molar-refractivity contribution >= 4 is 34.8 Å². The van der Waals surface area contributed by atoms with Gasteiger partial charge in [0.2, 0.25) is 5.95 Å². The van der Waals surface area contributed by atoms with E-state index in [0.29, 0.717) is 24.0 Å². The van der Waals surface area contributed by atoms with Gasteiger partial charge in [0.05, 0.1) is 25.5 Å². The normalized spacial score (nSPS) is 13.8. The third-order valence-electron chi connectivity index (χ3n) is 4.64. The van der Waals surface area contributed by atoms with Gasteiger partial charge in [0.15, 0.2) is 0 Å². The van der Waals surface area contributed by atoms with Gasteiger partial charge < -0.3 is 25.4 Å². The Hall–Kier alpha value is -2.97. The van der Waals surface area contributed by atoms with E-state index in [2.05, 4.69) is 32.3 Å². The number of nitrogens with two attached hydrogens (primary N) is 1. The maximum absolute atomic E-state index is 5.96. The highest BCUT2D eigenvalue weighted by molar-refractivity contribution is 7.99. The summed E-state index contributed by atoms with van der Waals surface area (Å²) in [6, 6.07) is 15.9. The molecule has 2 heterocycles. The molecule has 1 saturated heterocycles. The van der Waals surface area contributed by atoms with Crippen LogP contribution in [-0.2, 0) is 4.74 Å². The molecule has 0 saturated carbocycles. The second kappa shape index (κ2) is 9.69. The van der Waals surface area contributed by atoms with Gasteiger partial charge >= 0.3 is 0 Å². The summed E-state index contributed by atoms with van der Waals surface area (Å²) in [7, 11) is 0. The van der Waals surface area contributed by atoms with Crippen LogP contribution in [0, 0.1) is 0 Å². The molecule has 8 heteroatoms. The minimum Gasteiger partial charge on any atom is -0.492 e. The molecule has 30 heavy (non-hydrogen) atoms. The number of nitrogens with zero attached hydrogens (tertiary/aromatic N) is 3. The van der Waals surface area contributed by atoms with E-state index in [1.807, 2.05) is 43.3 Å². The summed E-state index contributed by atoms with van der Waals surface area (Å²) in [4.78, 5) is 12.3. The van der Waals surface area contributed by atoms with Gasteiger partial charge in [-0.1, -0.05) is 11.8 Å². The number of ether oxygens (including phenoxy) is 2. The number of nitrogens with one attached hydrogen (secondary N) is 1. The molecule has 4 rings (SSSR count). The zero-order valence-electron chi connectivity index (χ0n) is 16.9. The Morgan fingerprint density at radius 3 is 2.70 bits per heavy atom. The topological polar surface area (TPSA) is 85.5 Å². The molecule has 0 aliphatic carbocycles. The average Bonchev–Trinajstić information content (AvgIpc) is 2.78. The van der Waals surface area contributed by atoms with Crippen LogP contribution in [0.4, 0.5) is 23.0 Å². The largest absolute Gasteiger partial charge is 0.492 e. The van der Waals surface area contributed by atoms with Crippen molar-refractivity contribution in [3.8, 4) is 5.75 Å². The van der Waals surface area contributed by atoms with Crippen LogP contribution in [0.1, 0.15) is 6.92 Å². The number of rotatable bonds is 7. The number of anilines is 4. The molecular formula is C22H25N5O2S. The summed E-state index contributed by atoms with van der Waals surface area (Å²) >= 11 is 1.54. The van der Waals surface area contributed by atoms with E-state index in [1.54, 1.807) is 6.20 Å². The van der Waals surface area contributed by atoms with Crippen LogP contribution in [0.2, 0.25) is 0 Å². The van der Waals surface area contributed by atoms with E-state index in [-0.39, 0.29) is 0 Å². The smallest absolute Gasteiger partial charge is 0.228 e. The van der Waals surface area contributed by atoms with Crippen molar-refractivity contribution in [2.75, 3.05) is 48.9 Å². The summed E-state index contributed by atoms with van der Waals surface area (Å²) < 4.78 is 11.0. The molecule has 0 amide bonds. The molecule has 0 radical (unpaired) electrons. The lowest BCUT2D eigenvalue weighted by molar-refractivity contribution is 0.122. The van der Waals surface area contributed by atoms with Crippen molar-refractivity contribution in [1.82, 2.24) is 9.97 Å². The minimum atomic E-state index is 0.555. The van der Waals surface area contributed by atoms with Crippen LogP contribution >= 0.6 is 11.8 Å². The van der Waals surface area contributed by atoms with Gasteiger partial charge in [-0.2, -0.15) is 0 Å². The molecule has 156 valence electrons. The van der Waals surface area contributed by atoms with E-state index < -0.39 is 0 Å². The molecule has 3 aromatic rings. The Bertz CT molecular complexity index is 978. The van der Waals surface area contributed by atoms with Gasteiger partial charge in [-0.25, -0.2) is 9.97 Å². The lowest BCUT2D eigenvalue weighted by Crippen LogP contribution is -2.36. The highest BCUT2D eigenvalue weighted by atomic mass is 32.2. The standard InChI is InChI=1S/C22H25N5O2S/c1-2-29-20-15-18(7-8-19(20)23)30-21-9-10-24-22(26-21)25-16-3-5-17(6-4-16)27-11-13-28-14-12-27/h3-10,15H,2,11-14,23H2,1H3,(H,24,25,26). The van der Waals surface area contributed by atoms with Gasteiger partial charge in [0.1, 0.15) is 10.8 Å². The van der Waals surface area contributed by atoms with Crippen LogP contribution in [0.5, 0.6) is 5.75 Å². The Balaban J connectivity index is 1.43. The summed E-state index contributed by atoms with van der Waals surface area (Å²) in [5, 5.41) is 4.12. The van der Waals surface area contributed by atoms with Gasteiger partial charge in [-0.05, 0) is 55.5 Å². The van der Waals surface area contributed by atoms with E-state index in [4.69, 9.17) is 15.2 Å². The van der Waals surface area contributed by atoms with Crippen LogP contribution in [-0.4, -0.2) is 42.9 Å². The van der Waals surface area contributed by atoms with Gasteiger partial charge in [0, 0.05) is 35.6 Å². The second-order valence-electron chi connectivity index (χ2n) is 6.72. The van der Waals surface area contributed by atoms with Gasteiger partial charge in [-0.15, -0.1) is 0 Å². The summed E-state index contributed by atoms with van der Waals surface area (Å²) in [6.45, 7) is 5.91. The number of morpholine rings is 1. The maximum atomic E-state index is 5.96.